The number of nitrogens with one attached hydrogen (secondary N) is 2. The highest BCUT2D eigenvalue weighted by atomic mass is 16.8. The number of carbonyl (C=O) groups is 2. The molecule has 0 aliphatic carbocycles. The summed E-state index contributed by atoms with van der Waals surface area (Å²) >= 11 is 0. The van der Waals surface area contributed by atoms with Gasteiger partial charge in [-0.15, -0.1) is 0 Å². The van der Waals surface area contributed by atoms with Crippen LogP contribution in [-0.4, -0.2) is 72.7 Å². The topological polar surface area (TPSA) is 126 Å². The lowest BCUT2D eigenvalue weighted by molar-refractivity contribution is -0.195. The van der Waals surface area contributed by atoms with Gasteiger partial charge in [0, 0.05) is 6.54 Å². The van der Waals surface area contributed by atoms with Crippen molar-refractivity contribution in [1.29, 1.82) is 0 Å². The van der Waals surface area contributed by atoms with E-state index in [2.05, 4.69) is 52.0 Å². The van der Waals surface area contributed by atoms with Crippen LogP contribution in [0, 0.1) is 0 Å². The summed E-state index contributed by atoms with van der Waals surface area (Å²) in [5.74, 6) is -0.939. The minimum Gasteiger partial charge on any atom is -0.444 e. The zero-order chi connectivity index (χ0) is 36.9. The summed E-state index contributed by atoms with van der Waals surface area (Å²) < 4.78 is 37.3. The molecule has 5 rings (SSSR count). The Labute approximate surface area is 301 Å². The molecule has 2 N–H and O–H groups in total. The van der Waals surface area contributed by atoms with Gasteiger partial charge >= 0.3 is 12.2 Å². The maximum atomic E-state index is 12.6. The summed E-state index contributed by atoms with van der Waals surface area (Å²) in [5, 5.41) is 5.06. The SMILES string of the molecule is CC(C)(C)OC(=O)NC(=NCC[C@@H]1O[C@H](COC(c2ccccc2)(c2ccccc2)c2ccccc2)[C@H]2OC(C)(C)O[C@H]21)NC(=O)OC(C)(C)C. The Bertz CT molecular complexity index is 1510. The third-order valence-electron chi connectivity index (χ3n) is 8.17. The molecule has 11 nitrogen and oxygen atoms in total. The normalized spacial score (nSPS) is 21.3. The second-order valence-corrected chi connectivity index (χ2v) is 15.1. The molecule has 0 aromatic heterocycles. The van der Waals surface area contributed by atoms with Gasteiger partial charge in [0.1, 0.15) is 35.1 Å². The lowest BCUT2D eigenvalue weighted by atomic mass is 9.80. The van der Waals surface area contributed by atoms with Crippen molar-refractivity contribution in [2.45, 2.75) is 109 Å². The maximum absolute atomic E-state index is 12.6. The van der Waals surface area contributed by atoms with Crippen molar-refractivity contribution >= 4 is 18.1 Å². The first kappa shape index (κ1) is 38.0. The van der Waals surface area contributed by atoms with Crippen molar-refractivity contribution in [3.8, 4) is 0 Å². The summed E-state index contributed by atoms with van der Waals surface area (Å²) in [6.07, 6.45) is -2.83. The largest absolute Gasteiger partial charge is 0.444 e. The zero-order valence-corrected chi connectivity index (χ0v) is 30.8. The summed E-state index contributed by atoms with van der Waals surface area (Å²) in [6, 6.07) is 30.5. The second-order valence-electron chi connectivity index (χ2n) is 15.1. The molecule has 2 fully saturated rings. The molecule has 3 aromatic carbocycles. The Morgan fingerprint density at radius 1 is 0.686 bits per heavy atom. The van der Waals surface area contributed by atoms with Crippen LogP contribution in [0.15, 0.2) is 96.0 Å². The fourth-order valence-electron chi connectivity index (χ4n) is 6.33. The van der Waals surface area contributed by atoms with Crippen LogP contribution in [-0.2, 0) is 34.0 Å². The van der Waals surface area contributed by atoms with Gasteiger partial charge in [0.2, 0.25) is 5.96 Å². The molecule has 0 unspecified atom stereocenters. The fourth-order valence-corrected chi connectivity index (χ4v) is 6.33. The molecular formula is C40H51N3O8. The number of aliphatic imine (C=N–C) groups is 1. The average Bonchev–Trinajstić information content (AvgIpc) is 3.53. The molecule has 0 saturated carbocycles. The summed E-state index contributed by atoms with van der Waals surface area (Å²) in [6.45, 7) is 14.6. The smallest absolute Gasteiger partial charge is 0.414 e. The molecular weight excluding hydrogens is 650 g/mol. The van der Waals surface area contributed by atoms with Gasteiger partial charge in [-0.05, 0) is 78.5 Å². The van der Waals surface area contributed by atoms with Crippen molar-refractivity contribution in [3.63, 3.8) is 0 Å². The molecule has 3 aromatic rings. The molecule has 2 amide bonds. The lowest BCUT2D eigenvalue weighted by Crippen LogP contribution is -2.47. The Morgan fingerprint density at radius 2 is 1.10 bits per heavy atom. The standard InChI is InChI=1S/C40H51N3O8/c1-37(2,3)50-35(44)42-34(43-36(45)51-38(4,5)6)41-25-24-30-32-33(49-39(7,8)48-32)31(47-30)26-46-40(27-18-12-9-13-19-27,28-20-14-10-15-21-28)29-22-16-11-17-23-29/h9-23,30-33H,24-26H2,1-8H3,(H2,41,42,43,44,45)/t30-,31+,32-,33+/m0/s1. The third kappa shape index (κ3) is 9.94. The summed E-state index contributed by atoms with van der Waals surface area (Å²) in [4.78, 5) is 29.7. The van der Waals surface area contributed by atoms with Gasteiger partial charge in [0.15, 0.2) is 5.79 Å². The van der Waals surface area contributed by atoms with Crippen molar-refractivity contribution in [3.05, 3.63) is 108 Å². The van der Waals surface area contributed by atoms with Crippen molar-refractivity contribution in [1.82, 2.24) is 10.6 Å². The number of hydrogen-bond donors (Lipinski definition) is 2. The van der Waals surface area contributed by atoms with Crippen LogP contribution in [0.2, 0.25) is 0 Å². The zero-order valence-electron chi connectivity index (χ0n) is 30.8. The van der Waals surface area contributed by atoms with E-state index in [-0.39, 0.29) is 19.1 Å². The first-order valence-electron chi connectivity index (χ1n) is 17.4. The van der Waals surface area contributed by atoms with Crippen molar-refractivity contribution < 1.29 is 38.0 Å². The molecule has 51 heavy (non-hydrogen) atoms. The number of rotatable bonds is 9. The van der Waals surface area contributed by atoms with Crippen LogP contribution in [0.25, 0.3) is 0 Å². The molecule has 2 saturated heterocycles. The molecule has 0 radical (unpaired) electrons. The quantitative estimate of drug-likeness (QED) is 0.138. The van der Waals surface area contributed by atoms with E-state index in [9.17, 15) is 9.59 Å². The highest BCUT2D eigenvalue weighted by Gasteiger charge is 2.55. The molecule has 274 valence electrons. The first-order chi connectivity index (χ1) is 24.0. The maximum Gasteiger partial charge on any atom is 0.414 e. The number of guanidine groups is 1. The lowest BCUT2D eigenvalue weighted by Gasteiger charge is -2.37. The van der Waals surface area contributed by atoms with Gasteiger partial charge < -0.3 is 28.4 Å². The molecule has 2 heterocycles. The second kappa shape index (κ2) is 15.5. The predicted molar refractivity (Wildman–Crippen MR) is 193 cm³/mol. The average molecular weight is 702 g/mol. The van der Waals surface area contributed by atoms with E-state index in [0.717, 1.165) is 16.7 Å². The van der Waals surface area contributed by atoms with Crippen molar-refractivity contribution in [2.24, 2.45) is 4.99 Å². The molecule has 2 aliphatic rings. The minimum atomic E-state index is -0.935. The Morgan fingerprint density at radius 3 is 1.51 bits per heavy atom. The number of ether oxygens (including phenoxy) is 6. The van der Waals surface area contributed by atoms with Gasteiger partial charge in [-0.2, -0.15) is 0 Å². The Balaban J connectivity index is 1.37. The molecule has 0 bridgehead atoms. The van der Waals surface area contributed by atoms with E-state index in [4.69, 9.17) is 28.4 Å². The van der Waals surface area contributed by atoms with Crippen LogP contribution in [0.4, 0.5) is 9.59 Å². The summed E-state index contributed by atoms with van der Waals surface area (Å²) in [5.41, 5.74) is 0.501. The molecule has 4 atom stereocenters. The number of benzene rings is 3. The van der Waals surface area contributed by atoms with Crippen LogP contribution in [0.1, 0.15) is 78.5 Å². The van der Waals surface area contributed by atoms with E-state index in [1.165, 1.54) is 0 Å². The number of carbonyl (C=O) groups excluding carboxylic acids is 2. The monoisotopic (exact) mass is 701 g/mol. The predicted octanol–water partition coefficient (Wildman–Crippen LogP) is 7.08. The van der Waals surface area contributed by atoms with Crippen LogP contribution in [0.3, 0.4) is 0 Å². The van der Waals surface area contributed by atoms with E-state index in [1.54, 1.807) is 41.5 Å². The highest BCUT2D eigenvalue weighted by Crippen LogP contribution is 2.44. The van der Waals surface area contributed by atoms with E-state index in [1.807, 2.05) is 68.4 Å². The van der Waals surface area contributed by atoms with Crippen molar-refractivity contribution in [2.75, 3.05) is 13.2 Å². The van der Waals surface area contributed by atoms with Crippen LogP contribution < -0.4 is 10.6 Å². The highest BCUT2D eigenvalue weighted by molar-refractivity contribution is 6.01. The first-order valence-corrected chi connectivity index (χ1v) is 17.4. The van der Waals surface area contributed by atoms with Gasteiger partial charge in [-0.3, -0.25) is 15.6 Å². The van der Waals surface area contributed by atoms with Gasteiger partial charge in [-0.1, -0.05) is 91.0 Å². The third-order valence-corrected chi connectivity index (χ3v) is 8.17. The molecule has 11 heteroatoms. The number of amides is 2. The number of alkyl carbamates (subject to hydrolysis) is 2. The van der Waals surface area contributed by atoms with E-state index >= 15 is 0 Å². The number of fused-ring (bicyclic) bond motifs is 1. The van der Waals surface area contributed by atoms with Gasteiger partial charge in [-0.25, -0.2) is 9.59 Å². The van der Waals surface area contributed by atoms with Gasteiger partial charge in [0.25, 0.3) is 0 Å². The van der Waals surface area contributed by atoms with Gasteiger partial charge in [0.05, 0.1) is 12.7 Å². The fraction of sp³-hybridized carbons (Fsp3) is 0.475. The molecule has 0 spiro atoms. The van der Waals surface area contributed by atoms with Crippen LogP contribution >= 0.6 is 0 Å². The van der Waals surface area contributed by atoms with E-state index < -0.39 is 59.2 Å². The minimum absolute atomic E-state index is 0.102. The van der Waals surface area contributed by atoms with Crippen LogP contribution in [0.5, 0.6) is 0 Å². The molecule has 2 aliphatic heterocycles. The number of nitrogens with zero attached hydrogens (tertiary/aromatic N) is 1. The Hall–Kier alpha value is -4.29. The number of hydrogen-bond acceptors (Lipinski definition) is 9. The van der Waals surface area contributed by atoms with E-state index in [0.29, 0.717) is 6.42 Å². The Kier molecular flexibility index (Phi) is 11.6. The summed E-state index contributed by atoms with van der Waals surface area (Å²) in [7, 11) is 0.